The Kier molecular flexibility index (Phi) is 4.14. The first-order valence-corrected chi connectivity index (χ1v) is 7.92. The molecule has 0 aliphatic heterocycles. The van der Waals surface area contributed by atoms with Crippen molar-refractivity contribution in [3.63, 3.8) is 0 Å². The van der Waals surface area contributed by atoms with Crippen LogP contribution >= 0.6 is 0 Å². The van der Waals surface area contributed by atoms with Crippen molar-refractivity contribution in [1.29, 1.82) is 0 Å². The topological polar surface area (TPSA) is 90.1 Å². The summed E-state index contributed by atoms with van der Waals surface area (Å²) in [6.07, 6.45) is 4.18. The van der Waals surface area contributed by atoms with Crippen LogP contribution in [0.3, 0.4) is 0 Å². The minimum absolute atomic E-state index is 0.133. The molecule has 0 aliphatic rings. The van der Waals surface area contributed by atoms with Gasteiger partial charge in [-0.3, -0.25) is 0 Å². The van der Waals surface area contributed by atoms with Crippen LogP contribution in [0, 0.1) is 0 Å². The molecule has 0 spiro atoms. The van der Waals surface area contributed by atoms with Crippen molar-refractivity contribution < 1.29 is 14.0 Å². The third-order valence-electron chi connectivity index (χ3n) is 3.82. The van der Waals surface area contributed by atoms with Gasteiger partial charge in [0.1, 0.15) is 12.4 Å². The maximum absolute atomic E-state index is 9.12. The zero-order valence-corrected chi connectivity index (χ0v) is 13.4. The van der Waals surface area contributed by atoms with Crippen LogP contribution in [-0.4, -0.2) is 24.8 Å². The molecule has 0 saturated heterocycles. The van der Waals surface area contributed by atoms with Crippen LogP contribution < -0.4 is 0 Å². The molecule has 0 amide bonds. The maximum atomic E-state index is 9.12. The molecule has 0 radical (unpaired) electrons. The summed E-state index contributed by atoms with van der Waals surface area (Å²) < 4.78 is 12.8. The maximum Gasteiger partial charge on any atom is 0.257 e. The lowest BCUT2D eigenvalue weighted by Crippen LogP contribution is -2.03. The van der Waals surface area contributed by atoms with E-state index in [-0.39, 0.29) is 6.61 Å². The fraction of sp³-hybridized carbons (Fsp3) is 0.167. The van der Waals surface area contributed by atoms with Gasteiger partial charge < -0.3 is 18.6 Å². The molecule has 1 N–H and O–H groups in total. The Balaban J connectivity index is 1.48. The number of benzene rings is 1. The van der Waals surface area contributed by atoms with Gasteiger partial charge in [-0.05, 0) is 24.3 Å². The Morgan fingerprint density at radius 3 is 2.76 bits per heavy atom. The number of nitrogens with zero attached hydrogens (tertiary/aromatic N) is 4. The van der Waals surface area contributed by atoms with Crippen LogP contribution in [0.2, 0.25) is 0 Å². The Labute approximate surface area is 143 Å². The Hall–Kier alpha value is -3.19. The first-order chi connectivity index (χ1) is 12.3. The van der Waals surface area contributed by atoms with Gasteiger partial charge in [-0.25, -0.2) is 4.98 Å². The second kappa shape index (κ2) is 6.74. The standard InChI is InChI=1S/C18H16N4O3/c23-12-14-6-7-15(24-14)17-19-9-11-22(17)10-8-16-20-18(25-21-16)13-4-2-1-3-5-13/h1-7,9,11,23H,8,10,12H2. The highest BCUT2D eigenvalue weighted by atomic mass is 16.5. The molecule has 7 nitrogen and oxygen atoms in total. The van der Waals surface area contributed by atoms with Crippen molar-refractivity contribution >= 4 is 0 Å². The van der Waals surface area contributed by atoms with E-state index in [4.69, 9.17) is 14.0 Å². The molecule has 25 heavy (non-hydrogen) atoms. The number of imidazole rings is 1. The van der Waals surface area contributed by atoms with E-state index in [9.17, 15) is 0 Å². The molecule has 0 saturated carbocycles. The summed E-state index contributed by atoms with van der Waals surface area (Å²) in [5, 5.41) is 13.2. The predicted octanol–water partition coefficient (Wildman–Crippen LogP) is 2.93. The molecular weight excluding hydrogens is 320 g/mol. The molecule has 0 unspecified atom stereocenters. The van der Waals surface area contributed by atoms with E-state index in [1.54, 1.807) is 18.3 Å². The molecule has 3 aromatic heterocycles. The lowest BCUT2D eigenvalue weighted by molar-refractivity contribution is 0.248. The van der Waals surface area contributed by atoms with E-state index < -0.39 is 0 Å². The van der Waals surface area contributed by atoms with E-state index in [2.05, 4.69) is 15.1 Å². The van der Waals surface area contributed by atoms with Crippen LogP contribution in [0.15, 0.2) is 63.8 Å². The molecule has 126 valence electrons. The quantitative estimate of drug-likeness (QED) is 0.582. The van der Waals surface area contributed by atoms with E-state index >= 15 is 0 Å². The summed E-state index contributed by atoms with van der Waals surface area (Å²) in [6.45, 7) is 0.504. The molecule has 7 heteroatoms. The normalized spacial score (nSPS) is 11.1. The molecule has 4 aromatic rings. The number of hydrogen-bond donors (Lipinski definition) is 1. The smallest absolute Gasteiger partial charge is 0.257 e. The van der Waals surface area contributed by atoms with Gasteiger partial charge in [0.05, 0.1) is 0 Å². The van der Waals surface area contributed by atoms with Crippen molar-refractivity contribution in [3.8, 4) is 23.0 Å². The fourth-order valence-corrected chi connectivity index (χ4v) is 2.57. The van der Waals surface area contributed by atoms with E-state index in [0.717, 1.165) is 5.56 Å². The first kappa shape index (κ1) is 15.3. The van der Waals surface area contributed by atoms with Crippen molar-refractivity contribution in [2.45, 2.75) is 19.6 Å². The highest BCUT2D eigenvalue weighted by Crippen LogP contribution is 2.21. The lowest BCUT2D eigenvalue weighted by Gasteiger charge is -2.03. The zero-order chi connectivity index (χ0) is 17.1. The fourth-order valence-electron chi connectivity index (χ4n) is 2.57. The minimum Gasteiger partial charge on any atom is -0.455 e. The lowest BCUT2D eigenvalue weighted by atomic mass is 10.2. The average Bonchev–Trinajstić information content (AvgIpc) is 3.39. The van der Waals surface area contributed by atoms with Gasteiger partial charge in [-0.1, -0.05) is 23.4 Å². The van der Waals surface area contributed by atoms with Crippen LogP contribution in [0.4, 0.5) is 0 Å². The molecule has 0 fully saturated rings. The van der Waals surface area contributed by atoms with Crippen molar-refractivity contribution in [2.24, 2.45) is 0 Å². The van der Waals surface area contributed by atoms with Crippen molar-refractivity contribution in [2.75, 3.05) is 0 Å². The molecule has 3 heterocycles. The minimum atomic E-state index is -0.133. The third-order valence-corrected chi connectivity index (χ3v) is 3.82. The van der Waals surface area contributed by atoms with Gasteiger partial charge >= 0.3 is 0 Å². The third kappa shape index (κ3) is 3.22. The van der Waals surface area contributed by atoms with Crippen molar-refractivity contribution in [3.05, 3.63) is 66.4 Å². The highest BCUT2D eigenvalue weighted by Gasteiger charge is 2.13. The first-order valence-electron chi connectivity index (χ1n) is 7.92. The number of aliphatic hydroxyl groups excluding tert-OH is 1. The number of furan rings is 1. The number of hydrogen-bond acceptors (Lipinski definition) is 6. The largest absolute Gasteiger partial charge is 0.455 e. The summed E-state index contributed by atoms with van der Waals surface area (Å²) in [7, 11) is 0. The second-order valence-electron chi connectivity index (χ2n) is 5.50. The Morgan fingerprint density at radius 2 is 1.96 bits per heavy atom. The van der Waals surface area contributed by atoms with Crippen LogP contribution in [0.25, 0.3) is 23.0 Å². The summed E-state index contributed by atoms with van der Waals surface area (Å²) in [4.78, 5) is 8.75. The van der Waals surface area contributed by atoms with E-state index in [1.807, 2.05) is 41.1 Å². The molecule has 0 aliphatic carbocycles. The molecular formula is C18H16N4O3. The summed E-state index contributed by atoms with van der Waals surface area (Å²) >= 11 is 0. The number of aliphatic hydroxyl groups is 1. The predicted molar refractivity (Wildman–Crippen MR) is 89.3 cm³/mol. The highest BCUT2D eigenvalue weighted by molar-refractivity contribution is 5.52. The number of aryl methyl sites for hydroxylation is 2. The number of aromatic nitrogens is 4. The van der Waals surface area contributed by atoms with E-state index in [0.29, 0.717) is 42.0 Å². The van der Waals surface area contributed by atoms with Gasteiger partial charge in [0.25, 0.3) is 5.89 Å². The molecule has 1 aromatic carbocycles. The van der Waals surface area contributed by atoms with Gasteiger partial charge in [0.15, 0.2) is 17.4 Å². The monoisotopic (exact) mass is 336 g/mol. The summed E-state index contributed by atoms with van der Waals surface area (Å²) in [6, 6.07) is 13.2. The molecule has 4 rings (SSSR count). The number of rotatable bonds is 6. The van der Waals surface area contributed by atoms with E-state index in [1.165, 1.54) is 0 Å². The zero-order valence-electron chi connectivity index (χ0n) is 13.4. The van der Waals surface area contributed by atoms with Gasteiger partial charge in [-0.15, -0.1) is 0 Å². The summed E-state index contributed by atoms with van der Waals surface area (Å²) in [5.74, 6) is 2.97. The van der Waals surface area contributed by atoms with Gasteiger partial charge in [-0.2, -0.15) is 4.98 Å². The van der Waals surface area contributed by atoms with Crippen LogP contribution in [-0.2, 0) is 19.6 Å². The van der Waals surface area contributed by atoms with Crippen molar-refractivity contribution in [1.82, 2.24) is 19.7 Å². The van der Waals surface area contributed by atoms with Crippen LogP contribution in [0.5, 0.6) is 0 Å². The summed E-state index contributed by atoms with van der Waals surface area (Å²) in [5.41, 5.74) is 0.900. The van der Waals surface area contributed by atoms with Gasteiger partial charge in [0, 0.05) is 30.9 Å². The molecule has 0 atom stereocenters. The Morgan fingerprint density at radius 1 is 1.08 bits per heavy atom. The second-order valence-corrected chi connectivity index (χ2v) is 5.50. The SMILES string of the molecule is OCc1ccc(-c2nccn2CCc2noc(-c3ccccc3)n2)o1. The van der Waals surface area contributed by atoms with Gasteiger partial charge in [0.2, 0.25) is 0 Å². The Bertz CT molecular complexity index is 956. The molecule has 0 bridgehead atoms. The average molecular weight is 336 g/mol. The van der Waals surface area contributed by atoms with Crippen LogP contribution in [0.1, 0.15) is 11.6 Å².